The number of rotatable bonds is 9. The highest BCUT2D eigenvalue weighted by Gasteiger charge is 2.27. The van der Waals surface area contributed by atoms with Gasteiger partial charge in [-0.15, -0.1) is 0 Å². The highest BCUT2D eigenvalue weighted by molar-refractivity contribution is 5.66. The zero-order valence-electron chi connectivity index (χ0n) is 22.8. The molecule has 3 aromatic rings. The van der Waals surface area contributed by atoms with Gasteiger partial charge in [-0.05, 0) is 105 Å². The van der Waals surface area contributed by atoms with E-state index in [1.165, 1.54) is 66.8 Å². The quantitative estimate of drug-likeness (QED) is 0.298. The van der Waals surface area contributed by atoms with Crippen molar-refractivity contribution >= 4 is 17.1 Å². The Morgan fingerprint density at radius 1 is 0.611 bits per heavy atom. The number of aryl methyl sites for hydroxylation is 2. The third-order valence-corrected chi connectivity index (χ3v) is 8.40. The van der Waals surface area contributed by atoms with Gasteiger partial charge in [0, 0.05) is 62.2 Å². The topological polar surface area (TPSA) is 9.72 Å². The Kier molecular flexibility index (Phi) is 7.55. The van der Waals surface area contributed by atoms with Crippen LogP contribution in [0, 0.1) is 0 Å². The third kappa shape index (κ3) is 4.73. The van der Waals surface area contributed by atoms with E-state index in [4.69, 9.17) is 0 Å². The summed E-state index contributed by atoms with van der Waals surface area (Å²) < 4.78 is 0. The van der Waals surface area contributed by atoms with Crippen LogP contribution in [0.25, 0.3) is 0 Å². The van der Waals surface area contributed by atoms with Crippen molar-refractivity contribution in [2.24, 2.45) is 0 Å². The second-order valence-corrected chi connectivity index (χ2v) is 10.3. The molecule has 0 bridgehead atoms. The van der Waals surface area contributed by atoms with E-state index in [-0.39, 0.29) is 5.92 Å². The Morgan fingerprint density at radius 3 is 1.42 bits per heavy atom. The molecular formula is C33H43N3. The van der Waals surface area contributed by atoms with Gasteiger partial charge in [-0.3, -0.25) is 0 Å². The first-order chi connectivity index (χ1) is 17.7. The molecule has 2 aliphatic rings. The van der Waals surface area contributed by atoms with Gasteiger partial charge in [0.2, 0.25) is 0 Å². The first-order valence-corrected chi connectivity index (χ1v) is 14.3. The predicted molar refractivity (Wildman–Crippen MR) is 156 cm³/mol. The van der Waals surface area contributed by atoms with Gasteiger partial charge < -0.3 is 14.7 Å². The summed E-state index contributed by atoms with van der Waals surface area (Å²) in [5.41, 5.74) is 11.6. The van der Waals surface area contributed by atoms with Crippen LogP contribution in [0.3, 0.4) is 0 Å². The number of benzene rings is 3. The lowest BCUT2D eigenvalue weighted by atomic mass is 9.81. The van der Waals surface area contributed by atoms with Crippen molar-refractivity contribution in [2.45, 2.75) is 59.3 Å². The van der Waals surface area contributed by atoms with Crippen LogP contribution in [0.4, 0.5) is 17.1 Å². The van der Waals surface area contributed by atoms with Gasteiger partial charge in [-0.1, -0.05) is 36.4 Å². The van der Waals surface area contributed by atoms with E-state index in [1.807, 2.05) is 0 Å². The molecule has 3 heteroatoms. The summed E-state index contributed by atoms with van der Waals surface area (Å²) in [5, 5.41) is 0. The standard InChI is InChI=1S/C33H43N3/c1-5-34(6-2)30-17-13-25(14-18-30)32(26-15-19-31(20-16-26)35(7-3)8-4)29-23-27-11-9-21-36-22-10-12-28(24-29)33(27)36/h13-20,23-24,32H,5-12,21-22H2,1-4H3. The molecule has 5 rings (SSSR count). The van der Waals surface area contributed by atoms with Crippen molar-refractivity contribution in [3.05, 3.63) is 88.5 Å². The molecule has 0 unspecified atom stereocenters. The highest BCUT2D eigenvalue weighted by atomic mass is 15.1. The van der Waals surface area contributed by atoms with Crippen LogP contribution >= 0.6 is 0 Å². The van der Waals surface area contributed by atoms with Gasteiger partial charge >= 0.3 is 0 Å². The van der Waals surface area contributed by atoms with Crippen LogP contribution in [0.15, 0.2) is 60.7 Å². The zero-order valence-corrected chi connectivity index (χ0v) is 22.8. The van der Waals surface area contributed by atoms with Crippen LogP contribution in [0.5, 0.6) is 0 Å². The molecule has 0 fully saturated rings. The molecule has 2 heterocycles. The Bertz CT molecular complexity index is 1050. The first kappa shape index (κ1) is 24.7. The maximum absolute atomic E-state index is 2.65. The highest BCUT2D eigenvalue weighted by Crippen LogP contribution is 2.41. The lowest BCUT2D eigenvalue weighted by Crippen LogP contribution is -2.34. The van der Waals surface area contributed by atoms with Crippen molar-refractivity contribution in [3.63, 3.8) is 0 Å². The molecule has 0 aliphatic carbocycles. The SMILES string of the molecule is CCN(CC)c1ccc(C(c2ccc(N(CC)CC)cc2)c2cc3c4c(c2)CCCN4CCC3)cc1. The fraction of sp³-hybridized carbons (Fsp3) is 0.455. The molecule has 3 aromatic carbocycles. The summed E-state index contributed by atoms with van der Waals surface area (Å²) in [7, 11) is 0. The van der Waals surface area contributed by atoms with E-state index in [1.54, 1.807) is 16.8 Å². The minimum absolute atomic E-state index is 0.250. The van der Waals surface area contributed by atoms with E-state index in [0.717, 1.165) is 26.2 Å². The Labute approximate surface area is 218 Å². The van der Waals surface area contributed by atoms with Crippen molar-refractivity contribution in [3.8, 4) is 0 Å². The van der Waals surface area contributed by atoms with E-state index in [0.29, 0.717) is 0 Å². The molecule has 0 spiro atoms. The molecule has 0 N–H and O–H groups in total. The molecule has 36 heavy (non-hydrogen) atoms. The van der Waals surface area contributed by atoms with E-state index < -0.39 is 0 Å². The summed E-state index contributed by atoms with van der Waals surface area (Å²) in [6.07, 6.45) is 4.97. The van der Waals surface area contributed by atoms with Gasteiger partial charge in [0.1, 0.15) is 0 Å². The Hall–Kier alpha value is -2.94. The summed E-state index contributed by atoms with van der Waals surface area (Å²) in [6.45, 7) is 15.5. The van der Waals surface area contributed by atoms with Crippen molar-refractivity contribution in [1.82, 2.24) is 0 Å². The normalized spacial score (nSPS) is 14.6. The monoisotopic (exact) mass is 481 g/mol. The summed E-state index contributed by atoms with van der Waals surface area (Å²) in [5.74, 6) is 0.250. The summed E-state index contributed by atoms with van der Waals surface area (Å²) >= 11 is 0. The average molecular weight is 482 g/mol. The first-order valence-electron chi connectivity index (χ1n) is 14.3. The minimum atomic E-state index is 0.250. The molecule has 0 atom stereocenters. The smallest absolute Gasteiger partial charge is 0.0431 e. The molecular weight excluding hydrogens is 438 g/mol. The molecule has 190 valence electrons. The fourth-order valence-corrected chi connectivity index (χ4v) is 6.51. The molecule has 0 radical (unpaired) electrons. The number of nitrogens with zero attached hydrogens (tertiary/aromatic N) is 3. The minimum Gasteiger partial charge on any atom is -0.372 e. The largest absolute Gasteiger partial charge is 0.372 e. The van der Waals surface area contributed by atoms with Gasteiger partial charge in [-0.25, -0.2) is 0 Å². The van der Waals surface area contributed by atoms with Crippen LogP contribution in [-0.4, -0.2) is 39.3 Å². The molecule has 3 nitrogen and oxygen atoms in total. The van der Waals surface area contributed by atoms with E-state index >= 15 is 0 Å². The van der Waals surface area contributed by atoms with Crippen LogP contribution in [0.1, 0.15) is 74.3 Å². The van der Waals surface area contributed by atoms with Crippen molar-refractivity contribution in [2.75, 3.05) is 54.0 Å². The van der Waals surface area contributed by atoms with Crippen LogP contribution in [-0.2, 0) is 12.8 Å². The lowest BCUT2D eigenvalue weighted by molar-refractivity contribution is 0.632. The average Bonchev–Trinajstić information content (AvgIpc) is 2.92. The van der Waals surface area contributed by atoms with Gasteiger partial charge in [0.05, 0.1) is 0 Å². The Balaban J connectivity index is 1.59. The molecule has 2 aliphatic heterocycles. The maximum atomic E-state index is 2.65. The summed E-state index contributed by atoms with van der Waals surface area (Å²) in [6, 6.07) is 23.8. The van der Waals surface area contributed by atoms with Crippen molar-refractivity contribution < 1.29 is 0 Å². The van der Waals surface area contributed by atoms with E-state index in [2.05, 4.69) is 103 Å². The fourth-order valence-electron chi connectivity index (χ4n) is 6.51. The van der Waals surface area contributed by atoms with E-state index in [9.17, 15) is 0 Å². The molecule has 0 aromatic heterocycles. The number of hydrogen-bond donors (Lipinski definition) is 0. The summed E-state index contributed by atoms with van der Waals surface area (Å²) in [4.78, 5) is 7.50. The molecule has 0 saturated carbocycles. The second-order valence-electron chi connectivity index (χ2n) is 10.3. The second kappa shape index (κ2) is 11.0. The molecule has 0 saturated heterocycles. The predicted octanol–water partition coefficient (Wildman–Crippen LogP) is 7.26. The Morgan fingerprint density at radius 2 is 1.03 bits per heavy atom. The van der Waals surface area contributed by atoms with Crippen LogP contribution in [0.2, 0.25) is 0 Å². The number of hydrogen-bond acceptors (Lipinski definition) is 3. The zero-order chi connectivity index (χ0) is 25.1. The molecule has 0 amide bonds. The van der Waals surface area contributed by atoms with Gasteiger partial charge in [0.25, 0.3) is 0 Å². The number of anilines is 3. The lowest BCUT2D eigenvalue weighted by Gasteiger charge is -2.38. The van der Waals surface area contributed by atoms with Gasteiger partial charge in [0.15, 0.2) is 0 Å². The van der Waals surface area contributed by atoms with Crippen LogP contribution < -0.4 is 14.7 Å². The maximum Gasteiger partial charge on any atom is 0.0431 e. The van der Waals surface area contributed by atoms with Crippen molar-refractivity contribution in [1.29, 1.82) is 0 Å². The van der Waals surface area contributed by atoms with Gasteiger partial charge in [-0.2, -0.15) is 0 Å². The third-order valence-electron chi connectivity index (χ3n) is 8.40.